The van der Waals surface area contributed by atoms with Crippen molar-refractivity contribution in [3.8, 4) is 10.6 Å². The van der Waals surface area contributed by atoms with E-state index in [1.165, 1.54) is 11.6 Å². The van der Waals surface area contributed by atoms with Crippen molar-refractivity contribution in [3.05, 3.63) is 76.5 Å². The number of likely N-dealkylation sites (N-methyl/N-ethyl adjacent to an activating group) is 1. The van der Waals surface area contributed by atoms with Crippen LogP contribution < -0.4 is 5.32 Å². The van der Waals surface area contributed by atoms with E-state index in [-0.39, 0.29) is 24.7 Å². The van der Waals surface area contributed by atoms with Crippen LogP contribution in [0.2, 0.25) is 0 Å². The van der Waals surface area contributed by atoms with Crippen molar-refractivity contribution >= 4 is 17.2 Å². The van der Waals surface area contributed by atoms with Crippen molar-refractivity contribution in [2.45, 2.75) is 19.5 Å². The second-order valence-electron chi connectivity index (χ2n) is 7.97. The van der Waals surface area contributed by atoms with Crippen molar-refractivity contribution in [2.75, 3.05) is 33.2 Å². The summed E-state index contributed by atoms with van der Waals surface area (Å²) in [4.78, 5) is 21.8. The first-order valence-corrected chi connectivity index (χ1v) is 11.4. The molecule has 0 radical (unpaired) electrons. The first-order chi connectivity index (χ1) is 15.1. The van der Waals surface area contributed by atoms with Gasteiger partial charge in [-0.15, -0.1) is 11.3 Å². The summed E-state index contributed by atoms with van der Waals surface area (Å²) in [5, 5.41) is 5.61. The van der Waals surface area contributed by atoms with E-state index >= 15 is 0 Å². The molecule has 5 nitrogen and oxygen atoms in total. The molecule has 0 spiro atoms. The van der Waals surface area contributed by atoms with Crippen LogP contribution in [-0.2, 0) is 24.3 Å². The molecular weight excluding hydrogens is 411 g/mol. The molecule has 4 rings (SSSR count). The number of hydrogen-bond acceptors (Lipinski definition) is 5. The van der Waals surface area contributed by atoms with E-state index in [2.05, 4.69) is 51.4 Å². The highest BCUT2D eigenvalue weighted by atomic mass is 32.1. The Kier molecular flexibility index (Phi) is 7.06. The van der Waals surface area contributed by atoms with Gasteiger partial charge >= 0.3 is 0 Å². The van der Waals surface area contributed by atoms with E-state index in [1.54, 1.807) is 29.5 Å². The second-order valence-corrected chi connectivity index (χ2v) is 8.83. The van der Waals surface area contributed by atoms with Crippen LogP contribution in [0.25, 0.3) is 10.6 Å². The molecule has 2 aromatic carbocycles. The normalized spacial score (nSPS) is 15.2. The lowest BCUT2D eigenvalue weighted by Gasteiger charge is -2.32. The Morgan fingerprint density at radius 1 is 1.13 bits per heavy atom. The summed E-state index contributed by atoms with van der Waals surface area (Å²) in [6, 6.07) is 15.0. The van der Waals surface area contributed by atoms with Crippen LogP contribution in [0.1, 0.15) is 16.8 Å². The molecule has 1 N–H and O–H groups in total. The lowest BCUT2D eigenvalue weighted by atomic mass is 10.1. The van der Waals surface area contributed by atoms with Gasteiger partial charge in [-0.2, -0.15) is 0 Å². The molecule has 1 aliphatic rings. The van der Waals surface area contributed by atoms with Gasteiger partial charge in [-0.05, 0) is 24.7 Å². The molecule has 1 aliphatic heterocycles. The number of amides is 1. The molecule has 1 saturated heterocycles. The van der Waals surface area contributed by atoms with Gasteiger partial charge in [-0.3, -0.25) is 9.69 Å². The summed E-state index contributed by atoms with van der Waals surface area (Å²) in [7, 11) is 2.16. The van der Waals surface area contributed by atoms with Crippen molar-refractivity contribution in [1.82, 2.24) is 20.1 Å². The van der Waals surface area contributed by atoms with Crippen molar-refractivity contribution in [2.24, 2.45) is 0 Å². The fourth-order valence-electron chi connectivity index (χ4n) is 3.65. The molecule has 1 fully saturated rings. The third kappa shape index (κ3) is 5.97. The average molecular weight is 439 g/mol. The third-order valence-corrected chi connectivity index (χ3v) is 6.44. The zero-order valence-electron chi connectivity index (χ0n) is 17.7. The zero-order valence-corrected chi connectivity index (χ0v) is 18.5. The maximum atomic E-state index is 13.7. The van der Waals surface area contributed by atoms with E-state index in [4.69, 9.17) is 0 Å². The summed E-state index contributed by atoms with van der Waals surface area (Å²) >= 11 is 1.55. The monoisotopic (exact) mass is 438 g/mol. The molecule has 0 unspecified atom stereocenters. The Morgan fingerprint density at radius 2 is 1.94 bits per heavy atom. The molecule has 0 bridgehead atoms. The number of hydrogen-bond donors (Lipinski definition) is 1. The van der Waals surface area contributed by atoms with E-state index < -0.39 is 0 Å². The predicted molar refractivity (Wildman–Crippen MR) is 122 cm³/mol. The molecule has 0 saturated carbocycles. The van der Waals surface area contributed by atoms with Crippen LogP contribution in [0.4, 0.5) is 4.39 Å². The topological polar surface area (TPSA) is 48.5 Å². The van der Waals surface area contributed by atoms with Crippen LogP contribution in [0.5, 0.6) is 0 Å². The number of nitrogens with zero attached hydrogens (tertiary/aromatic N) is 3. The van der Waals surface area contributed by atoms with E-state index in [1.807, 2.05) is 5.38 Å². The molecule has 0 atom stereocenters. The van der Waals surface area contributed by atoms with Gasteiger partial charge in [0.2, 0.25) is 5.91 Å². The summed E-state index contributed by atoms with van der Waals surface area (Å²) < 4.78 is 13.7. The highest BCUT2D eigenvalue weighted by molar-refractivity contribution is 7.13. The number of carbonyl (C=O) groups is 1. The Morgan fingerprint density at radius 3 is 2.74 bits per heavy atom. The number of aromatic nitrogens is 1. The minimum Gasteiger partial charge on any atom is -0.352 e. The van der Waals surface area contributed by atoms with Gasteiger partial charge in [0.05, 0.1) is 12.1 Å². The molecular formula is C24H27FN4OS. The molecule has 2 heterocycles. The highest BCUT2D eigenvalue weighted by Crippen LogP contribution is 2.25. The lowest BCUT2D eigenvalue weighted by Crippen LogP contribution is -2.43. The fraction of sp³-hybridized carbons (Fsp3) is 0.333. The minimum atomic E-state index is -0.310. The Bertz CT molecular complexity index is 1030. The fourth-order valence-corrected chi connectivity index (χ4v) is 4.47. The number of carbonyl (C=O) groups excluding carboxylic acids is 1. The third-order valence-electron chi connectivity index (χ3n) is 5.50. The van der Waals surface area contributed by atoms with Crippen LogP contribution in [0.3, 0.4) is 0 Å². The first-order valence-electron chi connectivity index (χ1n) is 10.5. The van der Waals surface area contributed by atoms with Gasteiger partial charge in [0, 0.05) is 55.8 Å². The number of piperazine rings is 1. The number of thiazole rings is 1. The van der Waals surface area contributed by atoms with E-state index in [0.29, 0.717) is 5.56 Å². The second kappa shape index (κ2) is 10.1. The smallest absolute Gasteiger partial charge is 0.226 e. The van der Waals surface area contributed by atoms with Crippen LogP contribution in [-0.4, -0.2) is 53.9 Å². The number of halogens is 1. The average Bonchev–Trinajstić information content (AvgIpc) is 3.23. The summed E-state index contributed by atoms with van der Waals surface area (Å²) in [6.45, 7) is 5.51. The van der Waals surface area contributed by atoms with Gasteiger partial charge in [0.15, 0.2) is 0 Å². The van der Waals surface area contributed by atoms with Gasteiger partial charge < -0.3 is 10.2 Å². The Labute approximate surface area is 186 Å². The zero-order chi connectivity index (χ0) is 21.6. The van der Waals surface area contributed by atoms with Gasteiger partial charge in [-0.25, -0.2) is 9.37 Å². The Balaban J connectivity index is 1.34. The van der Waals surface area contributed by atoms with Crippen molar-refractivity contribution in [1.29, 1.82) is 0 Å². The van der Waals surface area contributed by atoms with Gasteiger partial charge in [0.25, 0.3) is 0 Å². The highest BCUT2D eigenvalue weighted by Gasteiger charge is 2.15. The van der Waals surface area contributed by atoms with Crippen molar-refractivity contribution in [3.63, 3.8) is 0 Å². The maximum Gasteiger partial charge on any atom is 0.226 e. The quantitative estimate of drug-likeness (QED) is 0.613. The molecule has 7 heteroatoms. The lowest BCUT2D eigenvalue weighted by molar-refractivity contribution is -0.120. The summed E-state index contributed by atoms with van der Waals surface area (Å²) in [5.74, 6) is -0.473. The predicted octanol–water partition coefficient (Wildman–Crippen LogP) is 3.56. The van der Waals surface area contributed by atoms with Gasteiger partial charge in [0.1, 0.15) is 10.8 Å². The number of nitrogens with one attached hydrogen (secondary N) is 1. The van der Waals surface area contributed by atoms with Crippen LogP contribution in [0, 0.1) is 5.82 Å². The SMILES string of the molecule is CN1CCN(Cc2cccc(-c3nc(CC(=O)NCc4ccccc4F)cs3)c2)CC1. The van der Waals surface area contributed by atoms with E-state index in [0.717, 1.165) is 49.0 Å². The van der Waals surface area contributed by atoms with Crippen molar-refractivity contribution < 1.29 is 9.18 Å². The van der Waals surface area contributed by atoms with E-state index in [9.17, 15) is 9.18 Å². The summed E-state index contributed by atoms with van der Waals surface area (Å²) in [6.07, 6.45) is 0.186. The molecule has 162 valence electrons. The maximum absolute atomic E-state index is 13.7. The number of rotatable bonds is 7. The molecule has 1 amide bonds. The first kappa shape index (κ1) is 21.6. The molecule has 0 aliphatic carbocycles. The van der Waals surface area contributed by atoms with Crippen LogP contribution in [0.15, 0.2) is 53.9 Å². The molecule has 1 aromatic heterocycles. The Hall–Kier alpha value is -2.61. The van der Waals surface area contributed by atoms with Crippen LogP contribution >= 0.6 is 11.3 Å². The summed E-state index contributed by atoms with van der Waals surface area (Å²) in [5.41, 5.74) is 3.57. The standard InChI is InChI=1S/C24H27FN4OS/c1-28-9-11-29(12-10-28)16-18-5-4-7-19(13-18)24-27-21(17-31-24)14-23(30)26-15-20-6-2-3-8-22(20)25/h2-8,13,17H,9-12,14-16H2,1H3,(H,26,30). The minimum absolute atomic E-state index is 0.163. The van der Waals surface area contributed by atoms with Gasteiger partial charge in [-0.1, -0.05) is 36.4 Å². The molecule has 3 aromatic rings. The molecule has 31 heavy (non-hydrogen) atoms. The largest absolute Gasteiger partial charge is 0.352 e. The number of benzene rings is 2.